The first-order chi connectivity index (χ1) is 14.3. The fraction of sp³-hybridized carbons (Fsp3) is 0.333. The zero-order chi connectivity index (χ0) is 21.8. The largest absolute Gasteiger partial charge is 0.330 e. The molecule has 0 bridgehead atoms. The van der Waals surface area contributed by atoms with Crippen molar-refractivity contribution in [3.63, 3.8) is 0 Å². The Balaban J connectivity index is 1.63. The van der Waals surface area contributed by atoms with E-state index in [2.05, 4.69) is 15.6 Å². The lowest BCUT2D eigenvalue weighted by Crippen LogP contribution is -2.23. The van der Waals surface area contributed by atoms with Gasteiger partial charge in [0.25, 0.3) is 0 Å². The lowest BCUT2D eigenvalue weighted by atomic mass is 10.2. The summed E-state index contributed by atoms with van der Waals surface area (Å²) < 4.78 is 3.20. The summed E-state index contributed by atoms with van der Waals surface area (Å²) in [6.07, 6.45) is 0.0210. The summed E-state index contributed by atoms with van der Waals surface area (Å²) in [7, 11) is 0. The number of pyridine rings is 1. The van der Waals surface area contributed by atoms with Gasteiger partial charge >= 0.3 is 5.69 Å². The molecular weight excluding hydrogens is 406 g/mol. The molecule has 0 aliphatic rings. The Hall–Kier alpha value is -3.13. The van der Waals surface area contributed by atoms with E-state index >= 15 is 0 Å². The first-order valence-electron chi connectivity index (χ1n) is 9.80. The molecule has 2 heterocycles. The van der Waals surface area contributed by atoms with Gasteiger partial charge in [-0.25, -0.2) is 9.78 Å². The van der Waals surface area contributed by atoms with Crippen LogP contribution in [-0.4, -0.2) is 25.9 Å². The molecule has 0 fully saturated rings. The van der Waals surface area contributed by atoms with Crippen molar-refractivity contribution in [1.82, 2.24) is 14.1 Å². The maximum absolute atomic E-state index is 12.4. The number of carbonyl (C=O) groups is 2. The SMILES string of the molecule is CCn1c(=O)n(CC)c2nc(NC(=O)CCC(=O)Nc3ccc(C)c(Cl)c3)ccc21. The van der Waals surface area contributed by atoms with Crippen LogP contribution in [0, 0.1) is 6.92 Å². The molecule has 0 aliphatic heterocycles. The number of hydrogen-bond donors (Lipinski definition) is 2. The summed E-state index contributed by atoms with van der Waals surface area (Å²) in [4.78, 5) is 41.2. The quantitative estimate of drug-likeness (QED) is 0.600. The summed E-state index contributed by atoms with van der Waals surface area (Å²) >= 11 is 6.05. The highest BCUT2D eigenvalue weighted by Gasteiger charge is 2.14. The molecule has 0 radical (unpaired) electrons. The van der Waals surface area contributed by atoms with E-state index in [0.29, 0.717) is 35.3 Å². The van der Waals surface area contributed by atoms with Crippen LogP contribution in [0.2, 0.25) is 5.02 Å². The van der Waals surface area contributed by atoms with E-state index in [-0.39, 0.29) is 30.3 Å². The Kier molecular flexibility index (Phi) is 6.56. The molecule has 3 rings (SSSR count). The molecule has 9 heteroatoms. The fourth-order valence-corrected chi connectivity index (χ4v) is 3.36. The summed E-state index contributed by atoms with van der Waals surface area (Å²) in [6, 6.07) is 8.66. The van der Waals surface area contributed by atoms with E-state index in [9.17, 15) is 14.4 Å². The maximum atomic E-state index is 12.4. The molecule has 2 amide bonds. The van der Waals surface area contributed by atoms with Gasteiger partial charge in [0, 0.05) is 36.6 Å². The second-order valence-electron chi connectivity index (χ2n) is 6.87. The van der Waals surface area contributed by atoms with Gasteiger partial charge < -0.3 is 10.6 Å². The minimum atomic E-state index is -0.334. The molecular formula is C21H24ClN5O3. The van der Waals surface area contributed by atoms with Crippen LogP contribution in [0.15, 0.2) is 35.1 Å². The van der Waals surface area contributed by atoms with Gasteiger partial charge in [-0.1, -0.05) is 17.7 Å². The molecule has 1 aromatic carbocycles. The Morgan fingerprint density at radius 2 is 1.67 bits per heavy atom. The van der Waals surface area contributed by atoms with Crippen LogP contribution < -0.4 is 16.3 Å². The third-order valence-electron chi connectivity index (χ3n) is 4.80. The van der Waals surface area contributed by atoms with E-state index in [1.165, 1.54) is 0 Å². The number of fused-ring (bicyclic) bond motifs is 1. The number of anilines is 2. The van der Waals surface area contributed by atoms with E-state index < -0.39 is 0 Å². The number of rotatable bonds is 7. The van der Waals surface area contributed by atoms with Crippen molar-refractivity contribution in [3.8, 4) is 0 Å². The highest BCUT2D eigenvalue weighted by atomic mass is 35.5. The molecule has 0 aliphatic carbocycles. The van der Waals surface area contributed by atoms with E-state index in [4.69, 9.17) is 11.6 Å². The maximum Gasteiger partial charge on any atom is 0.330 e. The van der Waals surface area contributed by atoms with Gasteiger partial charge in [0.1, 0.15) is 5.82 Å². The Bertz CT molecular complexity index is 1170. The van der Waals surface area contributed by atoms with Crippen molar-refractivity contribution in [1.29, 1.82) is 0 Å². The molecule has 2 aromatic heterocycles. The molecule has 2 N–H and O–H groups in total. The number of carbonyl (C=O) groups excluding carboxylic acids is 2. The Labute approximate surface area is 178 Å². The van der Waals surface area contributed by atoms with Gasteiger partial charge in [0.2, 0.25) is 11.8 Å². The third-order valence-corrected chi connectivity index (χ3v) is 5.20. The number of aryl methyl sites for hydroxylation is 3. The number of aromatic nitrogens is 3. The van der Waals surface area contributed by atoms with Crippen LogP contribution in [0.3, 0.4) is 0 Å². The molecule has 3 aromatic rings. The summed E-state index contributed by atoms with van der Waals surface area (Å²) in [5, 5.41) is 5.98. The van der Waals surface area contributed by atoms with Crippen molar-refractivity contribution < 1.29 is 9.59 Å². The molecule has 0 saturated heterocycles. The zero-order valence-electron chi connectivity index (χ0n) is 17.2. The van der Waals surface area contributed by atoms with Gasteiger partial charge in [-0.05, 0) is 50.6 Å². The third kappa shape index (κ3) is 4.54. The first-order valence-corrected chi connectivity index (χ1v) is 10.2. The molecule has 0 spiro atoms. The second kappa shape index (κ2) is 9.13. The Morgan fingerprint density at radius 1 is 1.00 bits per heavy atom. The van der Waals surface area contributed by atoms with Crippen LogP contribution in [0.25, 0.3) is 11.2 Å². The standard InChI is InChI=1S/C21H24ClN5O3/c1-4-26-16-8-9-17(25-20(16)27(5-2)21(26)30)24-19(29)11-10-18(28)23-14-7-6-13(3)15(22)12-14/h6-9,12H,4-5,10-11H2,1-3H3,(H,23,28)(H,24,25,29). The highest BCUT2D eigenvalue weighted by molar-refractivity contribution is 6.31. The van der Waals surface area contributed by atoms with Crippen LogP contribution in [0.4, 0.5) is 11.5 Å². The van der Waals surface area contributed by atoms with Crippen molar-refractivity contribution in [2.45, 2.75) is 46.7 Å². The van der Waals surface area contributed by atoms with Crippen molar-refractivity contribution in [2.24, 2.45) is 0 Å². The van der Waals surface area contributed by atoms with Crippen molar-refractivity contribution >= 4 is 46.1 Å². The predicted octanol–water partition coefficient (Wildman–Crippen LogP) is 3.56. The number of hydrogen-bond acceptors (Lipinski definition) is 4. The number of nitrogens with one attached hydrogen (secondary N) is 2. The molecule has 158 valence electrons. The minimum absolute atomic E-state index is 0.00169. The summed E-state index contributed by atoms with van der Waals surface area (Å²) in [6.45, 7) is 6.66. The minimum Gasteiger partial charge on any atom is -0.326 e. The molecule has 8 nitrogen and oxygen atoms in total. The lowest BCUT2D eigenvalue weighted by Gasteiger charge is -2.08. The molecule has 30 heavy (non-hydrogen) atoms. The van der Waals surface area contributed by atoms with E-state index in [1.807, 2.05) is 26.8 Å². The van der Waals surface area contributed by atoms with Crippen LogP contribution in [0.5, 0.6) is 0 Å². The number of benzene rings is 1. The molecule has 0 unspecified atom stereocenters. The van der Waals surface area contributed by atoms with Gasteiger partial charge in [0.05, 0.1) is 5.52 Å². The molecule has 0 atom stereocenters. The summed E-state index contributed by atoms with van der Waals surface area (Å²) in [5.41, 5.74) is 2.62. The van der Waals surface area contributed by atoms with E-state index in [1.54, 1.807) is 33.4 Å². The fourth-order valence-electron chi connectivity index (χ4n) is 3.18. The van der Waals surface area contributed by atoms with Gasteiger partial charge in [-0.15, -0.1) is 0 Å². The topological polar surface area (TPSA) is 98.0 Å². The second-order valence-corrected chi connectivity index (χ2v) is 7.28. The van der Waals surface area contributed by atoms with Gasteiger partial charge in [-0.2, -0.15) is 0 Å². The molecule has 0 saturated carbocycles. The average molecular weight is 430 g/mol. The number of nitrogens with zero attached hydrogens (tertiary/aromatic N) is 3. The van der Waals surface area contributed by atoms with Gasteiger partial charge in [-0.3, -0.25) is 18.7 Å². The van der Waals surface area contributed by atoms with Crippen LogP contribution in [0.1, 0.15) is 32.3 Å². The average Bonchev–Trinajstić information content (AvgIpc) is 2.99. The first kappa shape index (κ1) is 21.6. The lowest BCUT2D eigenvalue weighted by molar-refractivity contribution is -0.121. The normalized spacial score (nSPS) is 10.9. The number of imidazole rings is 1. The Morgan fingerprint density at radius 3 is 2.30 bits per heavy atom. The monoisotopic (exact) mass is 429 g/mol. The number of halogens is 1. The van der Waals surface area contributed by atoms with Crippen LogP contribution >= 0.6 is 11.6 Å². The van der Waals surface area contributed by atoms with Crippen molar-refractivity contribution in [2.75, 3.05) is 10.6 Å². The highest BCUT2D eigenvalue weighted by Crippen LogP contribution is 2.20. The van der Waals surface area contributed by atoms with Crippen molar-refractivity contribution in [3.05, 3.63) is 51.4 Å². The predicted molar refractivity (Wildman–Crippen MR) is 118 cm³/mol. The van der Waals surface area contributed by atoms with Crippen LogP contribution in [-0.2, 0) is 22.7 Å². The zero-order valence-corrected chi connectivity index (χ0v) is 17.9. The van der Waals surface area contributed by atoms with Gasteiger partial charge in [0.15, 0.2) is 5.65 Å². The number of amides is 2. The van der Waals surface area contributed by atoms with E-state index in [0.717, 1.165) is 11.1 Å². The smallest absolute Gasteiger partial charge is 0.326 e. The summed E-state index contributed by atoms with van der Waals surface area (Å²) in [5.74, 6) is -0.277.